The molecule has 1 N–H and O–H groups in total. The Morgan fingerprint density at radius 2 is 2.00 bits per heavy atom. The first-order valence-corrected chi connectivity index (χ1v) is 3.06. The van der Waals surface area contributed by atoms with Gasteiger partial charge >= 0.3 is 5.97 Å². The number of quaternary nitrogens is 1. The molecule has 1 heterocycles. The van der Waals surface area contributed by atoms with Crippen LogP contribution in [0.25, 0.3) is 0 Å². The molecule has 9 heavy (non-hydrogen) atoms. The highest BCUT2D eigenvalue weighted by Gasteiger charge is 2.41. The fraction of sp³-hybridized carbons (Fsp3) is 0.833. The lowest BCUT2D eigenvalue weighted by Gasteiger charge is -2.42. The summed E-state index contributed by atoms with van der Waals surface area (Å²) in [5.41, 5.74) is 0. The number of hydrogen-bond donors (Lipinski definition) is 1. The summed E-state index contributed by atoms with van der Waals surface area (Å²) in [5.74, 6) is -0.729. The van der Waals surface area contributed by atoms with Gasteiger partial charge in [-0.1, -0.05) is 0 Å². The molecule has 0 aromatic carbocycles. The van der Waals surface area contributed by atoms with E-state index in [9.17, 15) is 4.79 Å². The third-order valence-corrected chi connectivity index (χ3v) is 1.78. The average molecular weight is 130 g/mol. The van der Waals surface area contributed by atoms with E-state index in [1.165, 1.54) is 0 Å². The number of nitrogens with zero attached hydrogens (tertiary/aromatic N) is 1. The summed E-state index contributed by atoms with van der Waals surface area (Å²) in [6.07, 6.45) is 0. The maximum absolute atomic E-state index is 10.3. The fourth-order valence-electron chi connectivity index (χ4n) is 1.30. The first-order valence-electron chi connectivity index (χ1n) is 3.06. The third-order valence-electron chi connectivity index (χ3n) is 1.78. The van der Waals surface area contributed by atoms with E-state index in [0.29, 0.717) is 0 Å². The molecule has 1 aliphatic heterocycles. The van der Waals surface area contributed by atoms with Crippen LogP contribution in [0, 0.1) is 5.92 Å². The molecule has 0 aromatic rings. The average Bonchev–Trinajstić information content (AvgIpc) is 1.59. The normalized spacial score (nSPS) is 25.1. The Labute approximate surface area is 54.5 Å². The molecule has 0 spiro atoms. The molecule has 0 unspecified atom stereocenters. The van der Waals surface area contributed by atoms with Crippen molar-refractivity contribution in [1.29, 1.82) is 0 Å². The van der Waals surface area contributed by atoms with E-state index in [1.807, 2.05) is 14.1 Å². The molecule has 0 saturated carbocycles. The molecule has 3 nitrogen and oxygen atoms in total. The molecule has 1 fully saturated rings. The summed E-state index contributed by atoms with van der Waals surface area (Å²) in [4.78, 5) is 10.3. The van der Waals surface area contributed by atoms with E-state index < -0.39 is 5.97 Å². The molecule has 0 bridgehead atoms. The van der Waals surface area contributed by atoms with E-state index in [2.05, 4.69) is 0 Å². The Kier molecular flexibility index (Phi) is 1.24. The number of likely N-dealkylation sites (tertiary alicyclic amines) is 1. The highest BCUT2D eigenvalue weighted by Crippen LogP contribution is 2.19. The number of rotatable bonds is 1. The number of carboxylic acid groups (broad SMARTS) is 1. The van der Waals surface area contributed by atoms with E-state index >= 15 is 0 Å². The summed E-state index contributed by atoms with van der Waals surface area (Å²) in [7, 11) is 4.08. The van der Waals surface area contributed by atoms with Crippen LogP contribution in [0.3, 0.4) is 0 Å². The van der Waals surface area contributed by atoms with Crippen LogP contribution in [0.2, 0.25) is 0 Å². The molecule has 1 rings (SSSR count). The predicted octanol–water partition coefficient (Wildman–Crippen LogP) is -0.223. The van der Waals surface area contributed by atoms with Crippen LogP contribution in [-0.2, 0) is 4.79 Å². The smallest absolute Gasteiger partial charge is 0.318 e. The molecule has 0 radical (unpaired) electrons. The van der Waals surface area contributed by atoms with Crippen molar-refractivity contribution in [3.63, 3.8) is 0 Å². The number of carbonyl (C=O) groups is 1. The fourth-order valence-corrected chi connectivity index (χ4v) is 1.30. The Morgan fingerprint density at radius 1 is 1.56 bits per heavy atom. The second kappa shape index (κ2) is 1.70. The first kappa shape index (κ1) is 6.55. The van der Waals surface area contributed by atoms with Crippen molar-refractivity contribution >= 4 is 5.97 Å². The summed E-state index contributed by atoms with van der Waals surface area (Å²) in [6, 6.07) is 0. The van der Waals surface area contributed by atoms with Crippen molar-refractivity contribution in [2.45, 2.75) is 0 Å². The van der Waals surface area contributed by atoms with Gasteiger partial charge in [-0.2, -0.15) is 0 Å². The molecule has 1 aliphatic rings. The van der Waals surface area contributed by atoms with Gasteiger partial charge in [-0.3, -0.25) is 4.79 Å². The lowest BCUT2D eigenvalue weighted by Crippen LogP contribution is -2.60. The molecular formula is C6H12NO2+. The molecule has 1 saturated heterocycles. The minimum absolute atomic E-state index is 0.0833. The zero-order valence-corrected chi connectivity index (χ0v) is 5.79. The van der Waals surface area contributed by atoms with Gasteiger partial charge in [0.25, 0.3) is 0 Å². The van der Waals surface area contributed by atoms with Crippen LogP contribution in [-0.4, -0.2) is 42.7 Å². The van der Waals surface area contributed by atoms with E-state index in [4.69, 9.17) is 5.11 Å². The topological polar surface area (TPSA) is 37.3 Å². The van der Waals surface area contributed by atoms with Crippen LogP contribution in [0.5, 0.6) is 0 Å². The Hall–Kier alpha value is -0.570. The monoisotopic (exact) mass is 130 g/mol. The van der Waals surface area contributed by atoms with Gasteiger partial charge in [0.05, 0.1) is 27.2 Å². The van der Waals surface area contributed by atoms with Crippen molar-refractivity contribution in [2.75, 3.05) is 27.2 Å². The summed E-state index contributed by atoms with van der Waals surface area (Å²) >= 11 is 0. The van der Waals surface area contributed by atoms with Crippen LogP contribution in [0.1, 0.15) is 0 Å². The Morgan fingerprint density at radius 3 is 2.11 bits per heavy atom. The number of aliphatic carboxylic acids is 1. The van der Waals surface area contributed by atoms with E-state index in [0.717, 1.165) is 17.6 Å². The van der Waals surface area contributed by atoms with Crippen molar-refractivity contribution in [2.24, 2.45) is 5.92 Å². The summed E-state index contributed by atoms with van der Waals surface area (Å²) < 4.78 is 0.858. The lowest BCUT2D eigenvalue weighted by atomic mass is 9.99. The predicted molar refractivity (Wildman–Crippen MR) is 33.0 cm³/mol. The van der Waals surface area contributed by atoms with Crippen LogP contribution < -0.4 is 0 Å². The number of hydrogen-bond acceptors (Lipinski definition) is 1. The largest absolute Gasteiger partial charge is 0.481 e. The maximum atomic E-state index is 10.3. The second-order valence-electron chi connectivity index (χ2n) is 3.34. The third kappa shape index (κ3) is 1.21. The quantitative estimate of drug-likeness (QED) is 0.498. The number of carboxylic acids is 1. The van der Waals surface area contributed by atoms with Gasteiger partial charge in [0.1, 0.15) is 0 Å². The second-order valence-corrected chi connectivity index (χ2v) is 3.34. The van der Waals surface area contributed by atoms with Gasteiger partial charge in [-0.05, 0) is 0 Å². The SMILES string of the molecule is C[N+]1(C)CC(C(=O)O)C1. The van der Waals surface area contributed by atoms with Crippen LogP contribution in [0.15, 0.2) is 0 Å². The summed E-state index contributed by atoms with van der Waals surface area (Å²) in [5, 5.41) is 8.46. The van der Waals surface area contributed by atoms with Crippen LogP contribution >= 0.6 is 0 Å². The minimum atomic E-state index is -0.646. The van der Waals surface area contributed by atoms with Gasteiger partial charge < -0.3 is 9.59 Å². The minimum Gasteiger partial charge on any atom is -0.481 e. The molecule has 52 valence electrons. The zero-order chi connectivity index (χ0) is 7.07. The van der Waals surface area contributed by atoms with Crippen molar-refractivity contribution in [3.8, 4) is 0 Å². The van der Waals surface area contributed by atoms with Crippen molar-refractivity contribution < 1.29 is 14.4 Å². The maximum Gasteiger partial charge on any atom is 0.318 e. The van der Waals surface area contributed by atoms with Crippen LogP contribution in [0.4, 0.5) is 0 Å². The highest BCUT2D eigenvalue weighted by atomic mass is 16.4. The van der Waals surface area contributed by atoms with Gasteiger partial charge in [-0.15, -0.1) is 0 Å². The Balaban J connectivity index is 2.35. The van der Waals surface area contributed by atoms with Crippen molar-refractivity contribution in [1.82, 2.24) is 0 Å². The van der Waals surface area contributed by atoms with Gasteiger partial charge in [-0.25, -0.2) is 0 Å². The van der Waals surface area contributed by atoms with Crippen molar-refractivity contribution in [3.05, 3.63) is 0 Å². The molecule has 0 amide bonds. The van der Waals surface area contributed by atoms with Gasteiger partial charge in [0.2, 0.25) is 0 Å². The van der Waals surface area contributed by atoms with E-state index in [1.54, 1.807) is 0 Å². The molecule has 0 aromatic heterocycles. The van der Waals surface area contributed by atoms with Gasteiger partial charge in [0.15, 0.2) is 5.92 Å². The standard InChI is InChI=1S/C6H11NO2/c1-7(2)3-5(4-7)6(8)9/h5H,3-4H2,1-2H3/p+1. The first-order chi connectivity index (χ1) is 4.01. The Bertz CT molecular complexity index is 134. The lowest BCUT2D eigenvalue weighted by molar-refractivity contribution is -0.935. The van der Waals surface area contributed by atoms with E-state index in [-0.39, 0.29) is 5.92 Å². The molecule has 0 atom stereocenters. The van der Waals surface area contributed by atoms with Gasteiger partial charge in [0, 0.05) is 0 Å². The molecular weight excluding hydrogens is 118 g/mol. The summed E-state index contributed by atoms with van der Waals surface area (Å²) in [6.45, 7) is 1.57. The highest BCUT2D eigenvalue weighted by molar-refractivity contribution is 5.70. The molecule has 0 aliphatic carbocycles. The molecule has 3 heteroatoms. The zero-order valence-electron chi connectivity index (χ0n) is 5.79.